The van der Waals surface area contributed by atoms with Gasteiger partial charge in [0.1, 0.15) is 6.10 Å². The number of carbonyl (C=O) groups excluding carboxylic acids is 2. The van der Waals surface area contributed by atoms with Gasteiger partial charge >= 0.3 is 12.0 Å². The van der Waals surface area contributed by atoms with E-state index in [4.69, 9.17) is 16.3 Å². The van der Waals surface area contributed by atoms with Crippen LogP contribution in [0.3, 0.4) is 0 Å². The first-order chi connectivity index (χ1) is 13.5. The van der Waals surface area contributed by atoms with Gasteiger partial charge in [-0.1, -0.05) is 63.6 Å². The summed E-state index contributed by atoms with van der Waals surface area (Å²) in [4.78, 5) is 23.5. The van der Waals surface area contributed by atoms with Crippen molar-refractivity contribution < 1.29 is 14.3 Å². The van der Waals surface area contributed by atoms with Gasteiger partial charge in [-0.15, -0.1) is 0 Å². The molecule has 152 valence electrons. The topological polar surface area (TPSA) is 67.4 Å². The predicted molar refractivity (Wildman–Crippen MR) is 115 cm³/mol. The molecule has 0 aliphatic carbocycles. The summed E-state index contributed by atoms with van der Waals surface area (Å²) in [6, 6.07) is 14.3. The molecule has 2 N–H and O–H groups in total. The molecule has 0 fully saturated rings. The second-order valence-corrected chi connectivity index (χ2v) is 6.23. The van der Waals surface area contributed by atoms with E-state index in [-0.39, 0.29) is 18.1 Å². The molecule has 2 aromatic rings. The fourth-order valence-electron chi connectivity index (χ4n) is 2.37. The zero-order chi connectivity index (χ0) is 20.9. The lowest BCUT2D eigenvalue weighted by molar-refractivity contribution is -0.149. The molecule has 0 aliphatic heterocycles. The molecule has 0 aromatic heterocycles. The van der Waals surface area contributed by atoms with Gasteiger partial charge in [-0.3, -0.25) is 4.79 Å². The minimum Gasteiger partial charge on any atom is -0.457 e. The number of hydrogen-bond acceptors (Lipinski definition) is 3. The smallest absolute Gasteiger partial charge is 0.319 e. The number of halogens is 1. The van der Waals surface area contributed by atoms with E-state index in [1.807, 2.05) is 45.0 Å². The number of nitrogens with one attached hydrogen (secondary N) is 2. The highest BCUT2D eigenvalue weighted by Crippen LogP contribution is 2.23. The molecule has 2 rings (SSSR count). The Labute approximate surface area is 172 Å². The molecule has 0 bridgehead atoms. The molecule has 0 aliphatic rings. The molecule has 2 amide bonds. The van der Waals surface area contributed by atoms with Crippen molar-refractivity contribution in [3.05, 3.63) is 64.7 Å². The van der Waals surface area contributed by atoms with Crippen molar-refractivity contribution in [1.29, 1.82) is 0 Å². The number of rotatable bonds is 7. The SMILES string of the molecule is CC.CCC(=O)OC(CC)c1ccc(NC(=O)NCc2ccc(Cl)cc2)cc1. The van der Waals surface area contributed by atoms with Crippen LogP contribution in [-0.4, -0.2) is 12.0 Å². The van der Waals surface area contributed by atoms with Crippen molar-refractivity contribution in [2.24, 2.45) is 0 Å². The van der Waals surface area contributed by atoms with E-state index in [1.165, 1.54) is 0 Å². The third-order valence-electron chi connectivity index (χ3n) is 3.84. The van der Waals surface area contributed by atoms with Crippen LogP contribution in [-0.2, 0) is 16.1 Å². The molecular weight excluding hydrogens is 376 g/mol. The first kappa shape index (κ1) is 23.5. The maximum Gasteiger partial charge on any atom is 0.319 e. The number of ether oxygens (including phenoxy) is 1. The number of benzene rings is 2. The van der Waals surface area contributed by atoms with Crippen LogP contribution < -0.4 is 10.6 Å². The van der Waals surface area contributed by atoms with Gasteiger partial charge < -0.3 is 15.4 Å². The first-order valence-electron chi connectivity index (χ1n) is 9.60. The fourth-order valence-corrected chi connectivity index (χ4v) is 2.50. The Morgan fingerprint density at radius 1 is 1.00 bits per heavy atom. The lowest BCUT2D eigenvalue weighted by Gasteiger charge is -2.16. The highest BCUT2D eigenvalue weighted by molar-refractivity contribution is 6.30. The van der Waals surface area contributed by atoms with Gasteiger partial charge in [0.15, 0.2) is 0 Å². The largest absolute Gasteiger partial charge is 0.457 e. The van der Waals surface area contributed by atoms with E-state index in [0.717, 1.165) is 11.1 Å². The van der Waals surface area contributed by atoms with Gasteiger partial charge in [-0.2, -0.15) is 0 Å². The van der Waals surface area contributed by atoms with Crippen molar-refractivity contribution in [3.63, 3.8) is 0 Å². The van der Waals surface area contributed by atoms with Gasteiger partial charge in [0.2, 0.25) is 0 Å². The second-order valence-electron chi connectivity index (χ2n) is 5.80. The summed E-state index contributed by atoms with van der Waals surface area (Å²) in [5, 5.41) is 6.22. The molecule has 2 aromatic carbocycles. The molecule has 1 unspecified atom stereocenters. The molecule has 0 saturated heterocycles. The molecule has 6 heteroatoms. The van der Waals surface area contributed by atoms with E-state index in [1.54, 1.807) is 31.2 Å². The van der Waals surface area contributed by atoms with Crippen LogP contribution in [0.5, 0.6) is 0 Å². The van der Waals surface area contributed by atoms with Crippen LogP contribution >= 0.6 is 11.6 Å². The lowest BCUT2D eigenvalue weighted by Crippen LogP contribution is -2.28. The third kappa shape index (κ3) is 8.01. The second kappa shape index (κ2) is 12.8. The Hall–Kier alpha value is -2.53. The number of amides is 2. The van der Waals surface area contributed by atoms with E-state index >= 15 is 0 Å². The molecule has 0 radical (unpaired) electrons. The first-order valence-corrected chi connectivity index (χ1v) is 9.98. The van der Waals surface area contributed by atoms with Crippen molar-refractivity contribution in [1.82, 2.24) is 5.32 Å². The molecular formula is C22H29ClN2O3. The minimum atomic E-state index is -0.294. The summed E-state index contributed by atoms with van der Waals surface area (Å²) in [7, 11) is 0. The molecule has 28 heavy (non-hydrogen) atoms. The number of esters is 1. The number of urea groups is 1. The molecule has 0 spiro atoms. The average molecular weight is 405 g/mol. The van der Waals surface area contributed by atoms with Crippen molar-refractivity contribution in [2.45, 2.75) is 53.2 Å². The number of hydrogen-bond donors (Lipinski definition) is 2. The minimum absolute atomic E-state index is 0.222. The van der Waals surface area contributed by atoms with E-state index in [2.05, 4.69) is 10.6 Å². The Kier molecular flexibility index (Phi) is 10.7. The summed E-state index contributed by atoms with van der Waals surface area (Å²) in [6.45, 7) is 8.14. The lowest BCUT2D eigenvalue weighted by atomic mass is 10.1. The highest BCUT2D eigenvalue weighted by Gasteiger charge is 2.13. The van der Waals surface area contributed by atoms with Gasteiger partial charge in [0.05, 0.1) is 0 Å². The average Bonchev–Trinajstić information content (AvgIpc) is 2.73. The zero-order valence-electron chi connectivity index (χ0n) is 16.9. The predicted octanol–water partition coefficient (Wildman–Crippen LogP) is 6.09. The molecule has 0 saturated carbocycles. The van der Waals surface area contributed by atoms with Crippen LogP contribution in [0.15, 0.2) is 48.5 Å². The normalized spacial score (nSPS) is 10.9. The molecule has 0 heterocycles. The Morgan fingerprint density at radius 2 is 1.61 bits per heavy atom. The number of anilines is 1. The third-order valence-corrected chi connectivity index (χ3v) is 4.09. The van der Waals surface area contributed by atoms with Gasteiger partial charge in [0, 0.05) is 23.7 Å². The molecule has 1 atom stereocenters. The monoisotopic (exact) mass is 404 g/mol. The summed E-state index contributed by atoms with van der Waals surface area (Å²) in [5.74, 6) is -0.222. The zero-order valence-corrected chi connectivity index (χ0v) is 17.7. The van der Waals surface area contributed by atoms with Crippen LogP contribution in [0.1, 0.15) is 57.8 Å². The van der Waals surface area contributed by atoms with Gasteiger partial charge in [-0.05, 0) is 41.8 Å². The Bertz CT molecular complexity index is 730. The van der Waals surface area contributed by atoms with E-state index in [0.29, 0.717) is 30.1 Å². The van der Waals surface area contributed by atoms with Crippen LogP contribution in [0.25, 0.3) is 0 Å². The summed E-state index contributed by atoms with van der Waals surface area (Å²) >= 11 is 5.84. The standard InChI is InChI=1S/C20H23ClN2O3.C2H6/c1-3-18(26-19(24)4-2)15-7-11-17(12-8-15)23-20(25)22-13-14-5-9-16(21)10-6-14;1-2/h5-12,18H,3-4,13H2,1-2H3,(H2,22,23,25);1-2H3. The molecule has 5 nitrogen and oxygen atoms in total. The van der Waals surface area contributed by atoms with Crippen molar-refractivity contribution in [3.8, 4) is 0 Å². The van der Waals surface area contributed by atoms with Crippen LogP contribution in [0.2, 0.25) is 5.02 Å². The van der Waals surface area contributed by atoms with Gasteiger partial charge in [0.25, 0.3) is 0 Å². The quantitative estimate of drug-likeness (QED) is 0.548. The summed E-state index contributed by atoms with van der Waals surface area (Å²) < 4.78 is 5.40. The number of carbonyl (C=O) groups is 2. The van der Waals surface area contributed by atoms with E-state index < -0.39 is 0 Å². The summed E-state index contributed by atoms with van der Waals surface area (Å²) in [6.07, 6.45) is 0.777. The summed E-state index contributed by atoms with van der Waals surface area (Å²) in [5.41, 5.74) is 2.53. The van der Waals surface area contributed by atoms with Crippen LogP contribution in [0.4, 0.5) is 10.5 Å². The Balaban J connectivity index is 0.00000190. The van der Waals surface area contributed by atoms with Crippen LogP contribution in [0, 0.1) is 0 Å². The maximum atomic E-state index is 12.0. The van der Waals surface area contributed by atoms with Gasteiger partial charge in [-0.25, -0.2) is 4.79 Å². The maximum absolute atomic E-state index is 12.0. The van der Waals surface area contributed by atoms with Crippen molar-refractivity contribution >= 4 is 29.3 Å². The fraction of sp³-hybridized carbons (Fsp3) is 0.364. The highest BCUT2D eigenvalue weighted by atomic mass is 35.5. The van der Waals surface area contributed by atoms with E-state index in [9.17, 15) is 9.59 Å². The Morgan fingerprint density at radius 3 is 2.14 bits per heavy atom. The van der Waals surface area contributed by atoms with Crippen molar-refractivity contribution in [2.75, 3.05) is 5.32 Å².